The van der Waals surface area contributed by atoms with Crippen LogP contribution in [0.5, 0.6) is 0 Å². The normalized spacial score (nSPS) is 12.6. The number of rotatable bonds is 13. The molecule has 0 fully saturated rings. The average molecular weight is 503 g/mol. The molecule has 2 atom stereocenters. The second-order valence-electron chi connectivity index (χ2n) is 9.25. The monoisotopic (exact) mass is 502 g/mol. The van der Waals surface area contributed by atoms with E-state index in [9.17, 15) is 28.3 Å². The highest BCUT2D eigenvalue weighted by Crippen LogP contribution is 2.17. The molecule has 0 heterocycles. The van der Waals surface area contributed by atoms with Gasteiger partial charge >= 0.3 is 0 Å². The number of nitrogens with one attached hydrogen (secondary N) is 1. The van der Waals surface area contributed by atoms with E-state index in [0.717, 1.165) is 36.6 Å². The topological polar surface area (TPSA) is 86.7 Å². The molecule has 2 rings (SSSR count). The number of aliphatic hydroxyl groups is 1. The predicted molar refractivity (Wildman–Crippen MR) is 135 cm³/mol. The Morgan fingerprint density at radius 3 is 2.08 bits per heavy atom. The SMILES string of the molecule is CCCN(CCC)C(=O)c1cc(C)cc(C(=O)N[C@@H](Cc2cc(F)cc(F)c2)[C@@H](O)CCC(C)=O)c1. The molecule has 0 unspecified atom stereocenters. The van der Waals surface area contributed by atoms with Gasteiger partial charge in [0.2, 0.25) is 0 Å². The first kappa shape index (κ1) is 29.1. The van der Waals surface area contributed by atoms with Crippen LogP contribution in [0.4, 0.5) is 8.78 Å². The van der Waals surface area contributed by atoms with E-state index in [0.29, 0.717) is 18.7 Å². The van der Waals surface area contributed by atoms with Crippen LogP contribution >= 0.6 is 0 Å². The van der Waals surface area contributed by atoms with E-state index in [2.05, 4.69) is 5.32 Å². The smallest absolute Gasteiger partial charge is 0.253 e. The first-order valence-corrected chi connectivity index (χ1v) is 12.4. The van der Waals surface area contributed by atoms with E-state index in [1.165, 1.54) is 13.0 Å². The van der Waals surface area contributed by atoms with Gasteiger partial charge in [-0.05, 0) is 81.0 Å². The Kier molecular flexibility index (Phi) is 11.2. The Morgan fingerprint density at radius 1 is 0.944 bits per heavy atom. The summed E-state index contributed by atoms with van der Waals surface area (Å²) in [4.78, 5) is 39.5. The lowest BCUT2D eigenvalue weighted by atomic mass is 9.96. The fraction of sp³-hybridized carbons (Fsp3) is 0.464. The van der Waals surface area contributed by atoms with Crippen molar-refractivity contribution in [3.8, 4) is 0 Å². The number of nitrogens with zero attached hydrogens (tertiary/aromatic N) is 1. The van der Waals surface area contributed by atoms with Gasteiger partial charge in [-0.2, -0.15) is 0 Å². The third kappa shape index (κ3) is 8.82. The van der Waals surface area contributed by atoms with E-state index >= 15 is 0 Å². The molecule has 2 N–H and O–H groups in total. The van der Waals surface area contributed by atoms with Crippen molar-refractivity contribution in [1.82, 2.24) is 10.2 Å². The first-order valence-electron chi connectivity index (χ1n) is 12.4. The van der Waals surface area contributed by atoms with E-state index in [-0.39, 0.29) is 42.1 Å². The minimum atomic E-state index is -1.13. The Hall–Kier alpha value is -3.13. The summed E-state index contributed by atoms with van der Waals surface area (Å²) >= 11 is 0. The zero-order valence-corrected chi connectivity index (χ0v) is 21.4. The van der Waals surface area contributed by atoms with Gasteiger partial charge in [0.25, 0.3) is 11.8 Å². The summed E-state index contributed by atoms with van der Waals surface area (Å²) in [6.45, 7) is 8.38. The molecule has 0 aliphatic heterocycles. The highest BCUT2D eigenvalue weighted by molar-refractivity contribution is 6.00. The summed E-state index contributed by atoms with van der Waals surface area (Å²) < 4.78 is 27.5. The molecule has 2 amide bonds. The molecule has 0 bridgehead atoms. The number of Topliss-reactive ketones (excluding diaryl/α,β-unsaturated/α-hetero) is 1. The molecular formula is C28H36F2N2O4. The first-order chi connectivity index (χ1) is 17.0. The van der Waals surface area contributed by atoms with Gasteiger partial charge in [0.05, 0.1) is 12.1 Å². The number of carbonyl (C=O) groups is 3. The van der Waals surface area contributed by atoms with Gasteiger partial charge in [-0.25, -0.2) is 8.78 Å². The van der Waals surface area contributed by atoms with E-state index in [1.807, 2.05) is 13.8 Å². The van der Waals surface area contributed by atoms with Crippen LogP contribution in [0.1, 0.15) is 78.3 Å². The summed E-state index contributed by atoms with van der Waals surface area (Å²) in [6, 6.07) is 7.00. The molecule has 0 saturated carbocycles. The molecule has 0 radical (unpaired) electrons. The minimum absolute atomic E-state index is 0.0438. The standard InChI is InChI=1S/C28H36F2N2O4/c1-5-9-32(10-6-2)28(36)22-12-18(3)11-21(16-22)27(35)31-25(26(34)8-7-19(4)33)15-20-13-23(29)17-24(30)14-20/h11-14,16-17,25-26,34H,5-10,15H2,1-4H3,(H,31,35)/t25-,26-/m0/s1. The maximum atomic E-state index is 13.7. The fourth-order valence-corrected chi connectivity index (χ4v) is 4.15. The third-order valence-electron chi connectivity index (χ3n) is 5.81. The Morgan fingerprint density at radius 2 is 1.53 bits per heavy atom. The molecule has 0 spiro atoms. The lowest BCUT2D eigenvalue weighted by molar-refractivity contribution is -0.117. The number of hydrogen-bond donors (Lipinski definition) is 2. The summed E-state index contributed by atoms with van der Waals surface area (Å²) in [7, 11) is 0. The molecular weight excluding hydrogens is 466 g/mol. The average Bonchev–Trinajstić information content (AvgIpc) is 2.80. The molecule has 0 aliphatic rings. The van der Waals surface area contributed by atoms with Crippen LogP contribution in [0.15, 0.2) is 36.4 Å². The Balaban J connectivity index is 2.31. The van der Waals surface area contributed by atoms with Crippen molar-refractivity contribution in [2.75, 3.05) is 13.1 Å². The Bertz CT molecular complexity index is 1050. The molecule has 0 saturated heterocycles. The van der Waals surface area contributed by atoms with Gasteiger partial charge < -0.3 is 20.1 Å². The molecule has 196 valence electrons. The van der Waals surface area contributed by atoms with Crippen molar-refractivity contribution < 1.29 is 28.3 Å². The van der Waals surface area contributed by atoms with Gasteiger partial charge in [0, 0.05) is 36.7 Å². The van der Waals surface area contributed by atoms with Crippen LogP contribution in [0.25, 0.3) is 0 Å². The van der Waals surface area contributed by atoms with Crippen molar-refractivity contribution >= 4 is 17.6 Å². The van der Waals surface area contributed by atoms with Crippen LogP contribution in [-0.2, 0) is 11.2 Å². The highest BCUT2D eigenvalue weighted by Gasteiger charge is 2.24. The zero-order valence-electron chi connectivity index (χ0n) is 21.4. The van der Waals surface area contributed by atoms with Gasteiger partial charge in [-0.3, -0.25) is 9.59 Å². The molecule has 0 aliphatic carbocycles. The van der Waals surface area contributed by atoms with Crippen molar-refractivity contribution in [2.45, 2.75) is 71.9 Å². The zero-order chi connectivity index (χ0) is 26.8. The summed E-state index contributed by atoms with van der Waals surface area (Å²) in [5, 5.41) is 13.5. The number of hydrogen-bond acceptors (Lipinski definition) is 4. The van der Waals surface area contributed by atoms with Gasteiger partial charge in [-0.15, -0.1) is 0 Å². The number of ketones is 1. The summed E-state index contributed by atoms with van der Waals surface area (Å²) in [6.07, 6.45) is 0.631. The lowest BCUT2D eigenvalue weighted by Gasteiger charge is -2.25. The second kappa shape index (κ2) is 13.8. The van der Waals surface area contributed by atoms with Crippen molar-refractivity contribution in [3.63, 3.8) is 0 Å². The quantitative estimate of drug-likeness (QED) is 0.419. The third-order valence-corrected chi connectivity index (χ3v) is 5.81. The van der Waals surface area contributed by atoms with Crippen molar-refractivity contribution in [1.29, 1.82) is 0 Å². The molecule has 0 aromatic heterocycles. The molecule has 6 nitrogen and oxygen atoms in total. The number of benzene rings is 2. The number of halogens is 2. The molecule has 36 heavy (non-hydrogen) atoms. The van der Waals surface area contributed by atoms with Crippen LogP contribution in [-0.4, -0.2) is 52.8 Å². The van der Waals surface area contributed by atoms with Crippen molar-refractivity contribution in [2.24, 2.45) is 0 Å². The van der Waals surface area contributed by atoms with Crippen LogP contribution in [0.2, 0.25) is 0 Å². The largest absolute Gasteiger partial charge is 0.391 e. The minimum Gasteiger partial charge on any atom is -0.391 e. The maximum absolute atomic E-state index is 13.7. The Labute approximate surface area is 211 Å². The van der Waals surface area contributed by atoms with Gasteiger partial charge in [0.15, 0.2) is 0 Å². The summed E-state index contributed by atoms with van der Waals surface area (Å²) in [5.74, 6) is -2.35. The van der Waals surface area contributed by atoms with E-state index in [4.69, 9.17) is 0 Å². The fourth-order valence-electron chi connectivity index (χ4n) is 4.15. The van der Waals surface area contributed by atoms with Gasteiger partial charge in [-0.1, -0.05) is 13.8 Å². The number of aryl methyl sites for hydroxylation is 1. The molecule has 2 aromatic rings. The van der Waals surface area contributed by atoms with Crippen LogP contribution in [0, 0.1) is 18.6 Å². The molecule has 2 aromatic carbocycles. The summed E-state index contributed by atoms with van der Waals surface area (Å²) in [5.41, 5.74) is 1.61. The number of aliphatic hydroxyl groups excluding tert-OH is 1. The lowest BCUT2D eigenvalue weighted by Crippen LogP contribution is -2.45. The van der Waals surface area contributed by atoms with Crippen LogP contribution in [0.3, 0.4) is 0 Å². The highest BCUT2D eigenvalue weighted by atomic mass is 19.1. The van der Waals surface area contributed by atoms with E-state index in [1.54, 1.807) is 24.0 Å². The molecule has 8 heteroatoms. The van der Waals surface area contributed by atoms with Gasteiger partial charge in [0.1, 0.15) is 17.4 Å². The maximum Gasteiger partial charge on any atom is 0.253 e. The van der Waals surface area contributed by atoms with Crippen molar-refractivity contribution in [3.05, 3.63) is 70.3 Å². The predicted octanol–water partition coefficient (Wildman–Crippen LogP) is 4.61. The van der Waals surface area contributed by atoms with Crippen LogP contribution < -0.4 is 5.32 Å². The number of carbonyl (C=O) groups excluding carboxylic acids is 3. The number of amides is 2. The second-order valence-corrected chi connectivity index (χ2v) is 9.25. The van der Waals surface area contributed by atoms with E-state index < -0.39 is 29.7 Å².